The van der Waals surface area contributed by atoms with Crippen LogP contribution in [0.2, 0.25) is 0 Å². The molecule has 1 saturated heterocycles. The van der Waals surface area contributed by atoms with E-state index in [1.54, 1.807) is 0 Å². The number of pyridine rings is 1. The highest BCUT2D eigenvalue weighted by atomic mass is 79.9. The molecular weight excluding hydrogens is 304 g/mol. The second-order valence-electron chi connectivity index (χ2n) is 4.91. The minimum absolute atomic E-state index is 0.316. The Hall–Kier alpha value is -0.970. The molecule has 3 nitrogen and oxygen atoms in total. The van der Waals surface area contributed by atoms with Gasteiger partial charge >= 0.3 is 0 Å². The van der Waals surface area contributed by atoms with Gasteiger partial charge in [-0.15, -0.1) is 0 Å². The first-order valence-corrected chi connectivity index (χ1v) is 7.71. The highest BCUT2D eigenvalue weighted by molar-refractivity contribution is 9.09. The lowest BCUT2D eigenvalue weighted by molar-refractivity contribution is -0.0181. The number of fused-ring (bicyclic) bond motifs is 1. The number of rotatable bonds is 3. The predicted molar refractivity (Wildman–Crippen MR) is 80.6 cm³/mol. The van der Waals surface area contributed by atoms with E-state index in [-0.39, 0.29) is 0 Å². The van der Waals surface area contributed by atoms with Crippen molar-refractivity contribution < 1.29 is 4.74 Å². The van der Waals surface area contributed by atoms with Gasteiger partial charge in [0.25, 0.3) is 0 Å². The van der Waals surface area contributed by atoms with Crippen molar-refractivity contribution in [2.45, 2.75) is 12.6 Å². The Balaban J connectivity index is 1.74. The van der Waals surface area contributed by atoms with Gasteiger partial charge in [-0.1, -0.05) is 28.1 Å². The van der Waals surface area contributed by atoms with Gasteiger partial charge in [-0.05, 0) is 23.8 Å². The Morgan fingerprint density at radius 1 is 1.37 bits per heavy atom. The summed E-state index contributed by atoms with van der Waals surface area (Å²) in [6.07, 6.45) is 2.15. The zero-order chi connectivity index (χ0) is 13.1. The molecule has 0 bridgehead atoms. The van der Waals surface area contributed by atoms with Crippen LogP contribution in [0.1, 0.15) is 5.56 Å². The molecule has 0 spiro atoms. The molecule has 4 heteroatoms. The third-order valence-electron chi connectivity index (χ3n) is 3.47. The lowest BCUT2D eigenvalue weighted by Gasteiger charge is -2.32. The minimum Gasteiger partial charge on any atom is -0.375 e. The molecule has 1 aliphatic rings. The normalized spacial score (nSPS) is 20.8. The van der Waals surface area contributed by atoms with Crippen molar-refractivity contribution in [2.75, 3.05) is 25.0 Å². The van der Waals surface area contributed by atoms with Crippen LogP contribution in [0.3, 0.4) is 0 Å². The molecule has 1 atom stereocenters. The zero-order valence-corrected chi connectivity index (χ0v) is 12.3. The molecule has 0 N–H and O–H groups in total. The lowest BCUT2D eigenvalue weighted by Crippen LogP contribution is -2.42. The average molecular weight is 321 g/mol. The van der Waals surface area contributed by atoms with Crippen molar-refractivity contribution in [3.05, 3.63) is 42.1 Å². The number of halogens is 1. The van der Waals surface area contributed by atoms with Gasteiger partial charge in [0.15, 0.2) is 0 Å². The quantitative estimate of drug-likeness (QED) is 0.813. The smallest absolute Gasteiger partial charge is 0.0799 e. The topological polar surface area (TPSA) is 25.4 Å². The number of morpholine rings is 1. The minimum atomic E-state index is 0.316. The molecule has 100 valence electrons. The first-order valence-electron chi connectivity index (χ1n) is 6.59. The number of nitrogens with zero attached hydrogens (tertiary/aromatic N) is 2. The van der Waals surface area contributed by atoms with E-state index in [0.717, 1.165) is 37.1 Å². The Kier molecular flexibility index (Phi) is 4.11. The van der Waals surface area contributed by atoms with Crippen molar-refractivity contribution >= 4 is 26.8 Å². The van der Waals surface area contributed by atoms with Crippen LogP contribution in [-0.2, 0) is 11.3 Å². The van der Waals surface area contributed by atoms with E-state index in [0.29, 0.717) is 6.10 Å². The summed E-state index contributed by atoms with van der Waals surface area (Å²) < 4.78 is 5.67. The molecule has 1 aromatic carbocycles. The highest BCUT2D eigenvalue weighted by Gasteiger charge is 2.19. The molecule has 2 heterocycles. The highest BCUT2D eigenvalue weighted by Crippen LogP contribution is 2.16. The molecule has 2 aromatic rings. The fourth-order valence-electron chi connectivity index (χ4n) is 2.50. The maximum atomic E-state index is 5.67. The Morgan fingerprint density at radius 3 is 3.21 bits per heavy atom. The summed E-state index contributed by atoms with van der Waals surface area (Å²) >= 11 is 3.50. The summed E-state index contributed by atoms with van der Waals surface area (Å²) in [5.74, 6) is 0. The van der Waals surface area contributed by atoms with Gasteiger partial charge in [0.2, 0.25) is 0 Å². The van der Waals surface area contributed by atoms with Gasteiger partial charge in [-0.2, -0.15) is 0 Å². The maximum absolute atomic E-state index is 5.67. The molecule has 0 amide bonds. The molecule has 0 saturated carbocycles. The van der Waals surface area contributed by atoms with E-state index in [1.807, 2.05) is 12.3 Å². The molecule has 0 aliphatic carbocycles. The number of hydrogen-bond donors (Lipinski definition) is 0. The van der Waals surface area contributed by atoms with Crippen LogP contribution in [0.15, 0.2) is 36.5 Å². The van der Waals surface area contributed by atoms with Gasteiger partial charge in [0.05, 0.1) is 18.2 Å². The van der Waals surface area contributed by atoms with E-state index >= 15 is 0 Å². The summed E-state index contributed by atoms with van der Waals surface area (Å²) in [7, 11) is 0. The third kappa shape index (κ3) is 3.14. The Labute approximate surface area is 121 Å². The van der Waals surface area contributed by atoms with Crippen molar-refractivity contribution in [3.8, 4) is 0 Å². The van der Waals surface area contributed by atoms with Crippen molar-refractivity contribution in [1.29, 1.82) is 0 Å². The van der Waals surface area contributed by atoms with Gasteiger partial charge in [0, 0.05) is 36.5 Å². The number of alkyl halides is 1. The molecule has 1 unspecified atom stereocenters. The Bertz CT molecular complexity index is 561. The molecule has 19 heavy (non-hydrogen) atoms. The first-order chi connectivity index (χ1) is 9.35. The van der Waals surface area contributed by atoms with Crippen LogP contribution in [0, 0.1) is 0 Å². The molecule has 1 aromatic heterocycles. The molecule has 1 fully saturated rings. The van der Waals surface area contributed by atoms with Crippen molar-refractivity contribution in [3.63, 3.8) is 0 Å². The van der Waals surface area contributed by atoms with Crippen LogP contribution in [-0.4, -0.2) is 41.0 Å². The largest absolute Gasteiger partial charge is 0.375 e. The van der Waals surface area contributed by atoms with E-state index < -0.39 is 0 Å². The second kappa shape index (κ2) is 5.99. The summed E-state index contributed by atoms with van der Waals surface area (Å²) in [4.78, 5) is 6.81. The molecule has 3 rings (SSSR count). The van der Waals surface area contributed by atoms with Crippen LogP contribution in [0.5, 0.6) is 0 Å². The molecule has 0 radical (unpaired) electrons. The monoisotopic (exact) mass is 320 g/mol. The van der Waals surface area contributed by atoms with Gasteiger partial charge in [0.1, 0.15) is 0 Å². The summed E-state index contributed by atoms with van der Waals surface area (Å²) in [6.45, 7) is 3.81. The Morgan fingerprint density at radius 2 is 2.32 bits per heavy atom. The maximum Gasteiger partial charge on any atom is 0.0799 e. The standard InChI is InChI=1S/C15H17BrN2O/c16-9-14-11-18(6-7-19-14)10-12-3-4-15-13(8-12)2-1-5-17-15/h1-5,8,14H,6-7,9-11H2. The third-order valence-corrected chi connectivity index (χ3v) is 4.19. The van der Waals surface area contributed by atoms with E-state index in [1.165, 1.54) is 10.9 Å². The number of aromatic nitrogens is 1. The predicted octanol–water partition coefficient (Wildman–Crippen LogP) is 2.83. The van der Waals surface area contributed by atoms with Crippen LogP contribution in [0.25, 0.3) is 10.9 Å². The number of benzene rings is 1. The van der Waals surface area contributed by atoms with Gasteiger partial charge in [-0.25, -0.2) is 0 Å². The first kappa shape index (κ1) is 13.0. The fraction of sp³-hybridized carbons (Fsp3) is 0.400. The summed E-state index contributed by atoms with van der Waals surface area (Å²) in [5, 5.41) is 2.12. The molecule has 1 aliphatic heterocycles. The van der Waals surface area contributed by atoms with Crippen molar-refractivity contribution in [2.24, 2.45) is 0 Å². The average Bonchev–Trinajstić information content (AvgIpc) is 2.47. The lowest BCUT2D eigenvalue weighted by atomic mass is 10.1. The van der Waals surface area contributed by atoms with E-state index in [9.17, 15) is 0 Å². The van der Waals surface area contributed by atoms with Crippen molar-refractivity contribution in [1.82, 2.24) is 9.88 Å². The van der Waals surface area contributed by atoms with Gasteiger partial charge in [-0.3, -0.25) is 9.88 Å². The zero-order valence-electron chi connectivity index (χ0n) is 10.8. The SMILES string of the molecule is BrCC1CN(Cc2ccc3ncccc3c2)CCO1. The summed E-state index contributed by atoms with van der Waals surface area (Å²) in [6, 6.07) is 10.6. The van der Waals surface area contributed by atoms with E-state index in [2.05, 4.69) is 50.1 Å². The summed E-state index contributed by atoms with van der Waals surface area (Å²) in [5.41, 5.74) is 2.40. The fourth-order valence-corrected chi connectivity index (χ4v) is 2.89. The van der Waals surface area contributed by atoms with Crippen LogP contribution >= 0.6 is 15.9 Å². The van der Waals surface area contributed by atoms with Gasteiger partial charge < -0.3 is 4.74 Å². The van der Waals surface area contributed by atoms with Crippen LogP contribution < -0.4 is 0 Å². The number of hydrogen-bond acceptors (Lipinski definition) is 3. The number of ether oxygens (including phenoxy) is 1. The molecular formula is C15H17BrN2O. The van der Waals surface area contributed by atoms with E-state index in [4.69, 9.17) is 4.74 Å². The van der Waals surface area contributed by atoms with Crippen LogP contribution in [0.4, 0.5) is 0 Å². The second-order valence-corrected chi connectivity index (χ2v) is 5.56.